The Balaban J connectivity index is 1.70. The topological polar surface area (TPSA) is 34.2 Å². The van der Waals surface area contributed by atoms with Crippen LogP contribution in [0.3, 0.4) is 0 Å². The number of thioether (sulfide) groups is 1. The third kappa shape index (κ3) is 4.30. The Morgan fingerprint density at radius 2 is 1.96 bits per heavy atom. The first-order chi connectivity index (χ1) is 12.7. The number of hydrogen-bond acceptors (Lipinski definition) is 6. The number of fused-ring (bicyclic) bond motifs is 1. The van der Waals surface area contributed by atoms with Gasteiger partial charge in [0.1, 0.15) is 11.5 Å². The molecule has 0 amide bonds. The average Bonchev–Trinajstić information content (AvgIpc) is 2.68. The third-order valence-electron chi connectivity index (χ3n) is 5.50. The summed E-state index contributed by atoms with van der Waals surface area (Å²) in [6.45, 7) is 8.16. The van der Waals surface area contributed by atoms with Gasteiger partial charge in [-0.15, -0.1) is 11.8 Å². The summed E-state index contributed by atoms with van der Waals surface area (Å²) in [4.78, 5) is 6.31. The van der Waals surface area contributed by atoms with Gasteiger partial charge in [0, 0.05) is 43.8 Å². The van der Waals surface area contributed by atoms with Crippen molar-refractivity contribution in [2.75, 3.05) is 53.3 Å². The lowest BCUT2D eigenvalue weighted by molar-refractivity contribution is -0.0841. The fourth-order valence-electron chi connectivity index (χ4n) is 4.18. The van der Waals surface area contributed by atoms with Gasteiger partial charge in [-0.25, -0.2) is 0 Å². The zero-order chi connectivity index (χ0) is 18.5. The highest BCUT2D eigenvalue weighted by atomic mass is 32.2. The maximum atomic E-state index is 5.90. The first-order valence-corrected chi connectivity index (χ1v) is 10.8. The van der Waals surface area contributed by atoms with E-state index in [1.807, 2.05) is 0 Å². The Kier molecular flexibility index (Phi) is 7.09. The van der Waals surface area contributed by atoms with Gasteiger partial charge in [0.25, 0.3) is 0 Å². The number of rotatable bonds is 7. The molecule has 0 unspecified atom stereocenters. The van der Waals surface area contributed by atoms with E-state index in [4.69, 9.17) is 14.2 Å². The number of benzene rings is 1. The Hall–Kier alpha value is -0.950. The van der Waals surface area contributed by atoms with Crippen molar-refractivity contribution in [3.05, 3.63) is 17.7 Å². The molecule has 6 heteroatoms. The van der Waals surface area contributed by atoms with E-state index >= 15 is 0 Å². The van der Waals surface area contributed by atoms with Gasteiger partial charge in [-0.1, -0.05) is 13.3 Å². The van der Waals surface area contributed by atoms with Crippen molar-refractivity contribution < 1.29 is 14.2 Å². The van der Waals surface area contributed by atoms with Crippen LogP contribution in [0.25, 0.3) is 0 Å². The fraction of sp³-hybridized carbons (Fsp3) is 0.700. The molecule has 2 heterocycles. The number of piperazine rings is 1. The van der Waals surface area contributed by atoms with Gasteiger partial charge < -0.3 is 14.2 Å². The van der Waals surface area contributed by atoms with Crippen molar-refractivity contribution in [2.24, 2.45) is 0 Å². The van der Waals surface area contributed by atoms with Crippen LogP contribution in [0, 0.1) is 0 Å². The molecule has 0 saturated carbocycles. The predicted octanol–water partition coefficient (Wildman–Crippen LogP) is 3.11. The molecule has 146 valence electrons. The molecule has 26 heavy (non-hydrogen) atoms. The molecule has 0 spiro atoms. The summed E-state index contributed by atoms with van der Waals surface area (Å²) >= 11 is 1.68. The molecule has 1 aromatic rings. The summed E-state index contributed by atoms with van der Waals surface area (Å²) in [5.41, 5.74) is 1.19. The molecular formula is C20H32N2O3S. The number of hydrogen-bond donors (Lipinski definition) is 0. The molecule has 2 atom stereocenters. The standard InChI is InChI=1S/C20H32N2O3S/c1-5-6-16-13-25-14-17-12-21(7-8-22(16)17)11-15-9-19(24-3)20(26-4)10-18(15)23-2/h9-10,16-17H,5-8,11-14H2,1-4H3/t16-,17+/m0/s1. The summed E-state index contributed by atoms with van der Waals surface area (Å²) in [7, 11) is 3.48. The van der Waals surface area contributed by atoms with Crippen LogP contribution in [0.5, 0.6) is 11.5 Å². The molecular weight excluding hydrogens is 348 g/mol. The molecule has 0 N–H and O–H groups in total. The minimum Gasteiger partial charge on any atom is -0.496 e. The maximum Gasteiger partial charge on any atom is 0.132 e. The van der Waals surface area contributed by atoms with Crippen molar-refractivity contribution in [2.45, 2.75) is 43.3 Å². The zero-order valence-electron chi connectivity index (χ0n) is 16.5. The number of morpholine rings is 1. The molecule has 0 bridgehead atoms. The monoisotopic (exact) mass is 380 g/mol. The highest BCUT2D eigenvalue weighted by molar-refractivity contribution is 7.98. The maximum absolute atomic E-state index is 5.90. The van der Waals surface area contributed by atoms with Crippen LogP contribution < -0.4 is 9.47 Å². The smallest absolute Gasteiger partial charge is 0.132 e. The van der Waals surface area contributed by atoms with Crippen LogP contribution in [0.1, 0.15) is 25.3 Å². The second-order valence-corrected chi connectivity index (χ2v) is 7.97. The Morgan fingerprint density at radius 1 is 1.15 bits per heavy atom. The van der Waals surface area contributed by atoms with Gasteiger partial charge in [-0.2, -0.15) is 0 Å². The lowest BCUT2D eigenvalue weighted by Gasteiger charge is -2.48. The van der Waals surface area contributed by atoms with Crippen molar-refractivity contribution >= 4 is 11.8 Å². The Labute approximate surface area is 162 Å². The minimum atomic E-state index is 0.507. The number of nitrogens with zero attached hydrogens (tertiary/aromatic N) is 2. The molecule has 5 nitrogen and oxygen atoms in total. The fourth-order valence-corrected chi connectivity index (χ4v) is 4.75. The minimum absolute atomic E-state index is 0.507. The quantitative estimate of drug-likeness (QED) is 0.676. The van der Waals surface area contributed by atoms with Crippen LogP contribution in [-0.4, -0.2) is 75.2 Å². The highest BCUT2D eigenvalue weighted by Gasteiger charge is 2.35. The molecule has 0 radical (unpaired) electrons. The SMILES string of the molecule is CCC[C@H]1COC[C@H]2CN(Cc3cc(OC)c(SC)cc3OC)CCN12. The largest absolute Gasteiger partial charge is 0.496 e. The van der Waals surface area contributed by atoms with E-state index in [0.29, 0.717) is 12.1 Å². The van der Waals surface area contributed by atoms with Gasteiger partial charge in [0.05, 0.1) is 32.3 Å². The first kappa shape index (κ1) is 19.8. The Morgan fingerprint density at radius 3 is 2.65 bits per heavy atom. The van der Waals surface area contributed by atoms with Gasteiger partial charge in [-0.3, -0.25) is 9.80 Å². The lowest BCUT2D eigenvalue weighted by atomic mass is 10.0. The second-order valence-electron chi connectivity index (χ2n) is 7.13. The summed E-state index contributed by atoms with van der Waals surface area (Å²) in [6.07, 6.45) is 4.52. The Bertz CT molecular complexity index is 597. The second kappa shape index (κ2) is 9.31. The van der Waals surface area contributed by atoms with Gasteiger partial charge in [0.15, 0.2) is 0 Å². The van der Waals surface area contributed by atoms with Gasteiger partial charge >= 0.3 is 0 Å². The predicted molar refractivity (Wildman–Crippen MR) is 107 cm³/mol. The molecule has 3 rings (SSSR count). The van der Waals surface area contributed by atoms with E-state index in [1.54, 1.807) is 26.0 Å². The molecule has 2 aliphatic heterocycles. The summed E-state index contributed by atoms with van der Waals surface area (Å²) < 4.78 is 17.1. The van der Waals surface area contributed by atoms with Crippen LogP contribution in [-0.2, 0) is 11.3 Å². The molecule has 1 aromatic carbocycles. The van der Waals surface area contributed by atoms with Crippen molar-refractivity contribution in [3.8, 4) is 11.5 Å². The van der Waals surface area contributed by atoms with Gasteiger partial charge in [0.2, 0.25) is 0 Å². The van der Waals surface area contributed by atoms with E-state index < -0.39 is 0 Å². The van der Waals surface area contributed by atoms with Crippen molar-refractivity contribution in [3.63, 3.8) is 0 Å². The zero-order valence-corrected chi connectivity index (χ0v) is 17.3. The normalized spacial score (nSPS) is 24.3. The summed E-state index contributed by atoms with van der Waals surface area (Å²) in [5.74, 6) is 1.87. The van der Waals surface area contributed by atoms with E-state index in [0.717, 1.165) is 55.8 Å². The van der Waals surface area contributed by atoms with E-state index in [9.17, 15) is 0 Å². The lowest BCUT2D eigenvalue weighted by Crippen LogP contribution is -2.61. The molecule has 2 saturated heterocycles. The molecule has 2 fully saturated rings. The number of ether oxygens (including phenoxy) is 3. The van der Waals surface area contributed by atoms with E-state index in [-0.39, 0.29) is 0 Å². The van der Waals surface area contributed by atoms with E-state index in [1.165, 1.54) is 18.4 Å². The number of methoxy groups -OCH3 is 2. The van der Waals surface area contributed by atoms with Crippen LogP contribution in [0.15, 0.2) is 17.0 Å². The van der Waals surface area contributed by atoms with Crippen molar-refractivity contribution in [1.82, 2.24) is 9.80 Å². The summed E-state index contributed by atoms with van der Waals surface area (Å²) in [6, 6.07) is 5.33. The van der Waals surface area contributed by atoms with Crippen LogP contribution in [0.4, 0.5) is 0 Å². The molecule has 2 aliphatic rings. The summed E-state index contributed by atoms with van der Waals surface area (Å²) in [5, 5.41) is 0. The molecule has 0 aromatic heterocycles. The third-order valence-corrected chi connectivity index (χ3v) is 6.26. The first-order valence-electron chi connectivity index (χ1n) is 9.54. The van der Waals surface area contributed by atoms with Crippen molar-refractivity contribution in [1.29, 1.82) is 0 Å². The average molecular weight is 381 g/mol. The van der Waals surface area contributed by atoms with E-state index in [2.05, 4.69) is 35.1 Å². The molecule has 0 aliphatic carbocycles. The highest BCUT2D eigenvalue weighted by Crippen LogP contribution is 2.35. The van der Waals surface area contributed by atoms with Gasteiger partial charge in [-0.05, 0) is 24.8 Å². The van der Waals surface area contributed by atoms with Crippen LogP contribution >= 0.6 is 11.8 Å². The van der Waals surface area contributed by atoms with Crippen LogP contribution in [0.2, 0.25) is 0 Å².